The van der Waals surface area contributed by atoms with Gasteiger partial charge in [-0.05, 0) is 31.7 Å². The van der Waals surface area contributed by atoms with Gasteiger partial charge in [-0.2, -0.15) is 0 Å². The molecular formula is C18H22N4O3S. The lowest BCUT2D eigenvalue weighted by Crippen LogP contribution is -2.32. The van der Waals surface area contributed by atoms with E-state index in [0.29, 0.717) is 40.2 Å². The van der Waals surface area contributed by atoms with Crippen molar-refractivity contribution < 1.29 is 9.59 Å². The van der Waals surface area contributed by atoms with Crippen molar-refractivity contribution >= 4 is 33.4 Å². The SMILES string of the molecule is Cc1c(C(=O)NCCC(=O)N2CCCC2)sc2nc3n(c(=O)c12)CCC3. The average molecular weight is 374 g/mol. The van der Waals surface area contributed by atoms with E-state index in [0.717, 1.165) is 44.6 Å². The van der Waals surface area contributed by atoms with E-state index < -0.39 is 0 Å². The van der Waals surface area contributed by atoms with Crippen LogP contribution in [0.4, 0.5) is 0 Å². The second kappa shape index (κ2) is 6.83. The third kappa shape index (κ3) is 2.92. The van der Waals surface area contributed by atoms with Crippen molar-refractivity contribution in [3.63, 3.8) is 0 Å². The van der Waals surface area contributed by atoms with Gasteiger partial charge >= 0.3 is 0 Å². The molecule has 0 unspecified atom stereocenters. The zero-order chi connectivity index (χ0) is 18.3. The van der Waals surface area contributed by atoms with Crippen LogP contribution in [0.5, 0.6) is 0 Å². The van der Waals surface area contributed by atoms with Crippen LogP contribution in [0.25, 0.3) is 10.2 Å². The van der Waals surface area contributed by atoms with Crippen LogP contribution in [0.3, 0.4) is 0 Å². The molecule has 0 saturated carbocycles. The summed E-state index contributed by atoms with van der Waals surface area (Å²) in [6.07, 6.45) is 4.18. The summed E-state index contributed by atoms with van der Waals surface area (Å²) >= 11 is 1.26. The van der Waals surface area contributed by atoms with Crippen molar-refractivity contribution in [3.05, 3.63) is 26.6 Å². The van der Waals surface area contributed by atoms with E-state index in [-0.39, 0.29) is 17.4 Å². The molecular weight excluding hydrogens is 352 g/mol. The maximum atomic E-state index is 12.7. The monoisotopic (exact) mass is 374 g/mol. The Bertz CT molecular complexity index is 940. The van der Waals surface area contributed by atoms with Crippen LogP contribution in [0.2, 0.25) is 0 Å². The summed E-state index contributed by atoms with van der Waals surface area (Å²) < 4.78 is 1.72. The van der Waals surface area contributed by atoms with Crippen molar-refractivity contribution in [1.29, 1.82) is 0 Å². The highest BCUT2D eigenvalue weighted by Gasteiger charge is 2.23. The number of rotatable bonds is 4. The average Bonchev–Trinajstić information content (AvgIpc) is 3.34. The largest absolute Gasteiger partial charge is 0.351 e. The van der Waals surface area contributed by atoms with Gasteiger partial charge in [0.05, 0.1) is 10.3 Å². The minimum Gasteiger partial charge on any atom is -0.351 e. The number of aryl methyl sites for hydroxylation is 2. The standard InChI is InChI=1S/C18H22N4O3S/c1-11-14-17(20-12-5-4-10-22(12)18(14)25)26-15(11)16(24)19-7-6-13(23)21-8-2-3-9-21/h2-10H2,1H3,(H,19,24). The Kier molecular flexibility index (Phi) is 4.52. The first-order valence-electron chi connectivity index (χ1n) is 9.15. The molecule has 0 radical (unpaired) electrons. The van der Waals surface area contributed by atoms with Crippen LogP contribution in [-0.2, 0) is 17.8 Å². The first-order chi connectivity index (χ1) is 12.6. The molecule has 0 aromatic carbocycles. The molecule has 1 fully saturated rings. The number of hydrogen-bond acceptors (Lipinski definition) is 5. The Balaban J connectivity index is 1.49. The predicted octanol–water partition coefficient (Wildman–Crippen LogP) is 1.45. The summed E-state index contributed by atoms with van der Waals surface area (Å²) in [7, 11) is 0. The molecule has 1 saturated heterocycles. The molecule has 7 nitrogen and oxygen atoms in total. The number of amides is 2. The van der Waals surface area contributed by atoms with Crippen LogP contribution in [0.15, 0.2) is 4.79 Å². The number of hydrogen-bond donors (Lipinski definition) is 1. The minimum atomic E-state index is -0.232. The normalized spacial score (nSPS) is 16.3. The Morgan fingerprint density at radius 1 is 1.19 bits per heavy atom. The molecule has 0 aliphatic carbocycles. The predicted molar refractivity (Wildman–Crippen MR) is 99.7 cm³/mol. The fourth-order valence-electron chi connectivity index (χ4n) is 3.78. The summed E-state index contributed by atoms with van der Waals surface area (Å²) in [6.45, 7) is 4.45. The van der Waals surface area contributed by atoms with E-state index >= 15 is 0 Å². The summed E-state index contributed by atoms with van der Waals surface area (Å²) in [6, 6.07) is 0. The lowest BCUT2D eigenvalue weighted by atomic mass is 10.2. The zero-order valence-electron chi connectivity index (χ0n) is 14.8. The quantitative estimate of drug-likeness (QED) is 0.878. The molecule has 2 aromatic heterocycles. The Morgan fingerprint density at radius 2 is 1.96 bits per heavy atom. The molecule has 138 valence electrons. The van der Waals surface area contributed by atoms with Gasteiger partial charge in [0.25, 0.3) is 11.5 Å². The highest BCUT2D eigenvalue weighted by Crippen LogP contribution is 2.28. The molecule has 0 spiro atoms. The number of fused-ring (bicyclic) bond motifs is 2. The number of carbonyl (C=O) groups is 2. The molecule has 0 atom stereocenters. The number of carbonyl (C=O) groups excluding carboxylic acids is 2. The van der Waals surface area contributed by atoms with Gasteiger partial charge in [-0.25, -0.2) is 4.98 Å². The van der Waals surface area contributed by atoms with Gasteiger partial charge in [0.1, 0.15) is 10.7 Å². The first-order valence-corrected chi connectivity index (χ1v) is 9.96. The van der Waals surface area contributed by atoms with Crippen molar-refractivity contribution in [2.45, 2.75) is 45.6 Å². The molecule has 2 aliphatic heterocycles. The van der Waals surface area contributed by atoms with Crippen LogP contribution in [-0.4, -0.2) is 45.9 Å². The van der Waals surface area contributed by atoms with Gasteiger partial charge in [-0.1, -0.05) is 0 Å². The molecule has 8 heteroatoms. The second-order valence-electron chi connectivity index (χ2n) is 6.92. The van der Waals surface area contributed by atoms with E-state index in [1.165, 1.54) is 11.3 Å². The van der Waals surface area contributed by atoms with Gasteiger partial charge < -0.3 is 10.2 Å². The van der Waals surface area contributed by atoms with E-state index in [2.05, 4.69) is 10.3 Å². The van der Waals surface area contributed by atoms with E-state index in [1.807, 2.05) is 4.90 Å². The number of nitrogens with one attached hydrogen (secondary N) is 1. The van der Waals surface area contributed by atoms with Crippen LogP contribution in [0.1, 0.15) is 46.7 Å². The number of thiophene rings is 1. The van der Waals surface area contributed by atoms with E-state index in [9.17, 15) is 14.4 Å². The Labute approximate surface area is 155 Å². The van der Waals surface area contributed by atoms with Crippen molar-refractivity contribution in [1.82, 2.24) is 19.8 Å². The summed E-state index contributed by atoms with van der Waals surface area (Å²) in [5.41, 5.74) is 0.646. The summed E-state index contributed by atoms with van der Waals surface area (Å²) in [5.74, 6) is 0.670. The van der Waals surface area contributed by atoms with Gasteiger partial charge in [-0.15, -0.1) is 11.3 Å². The maximum absolute atomic E-state index is 12.7. The van der Waals surface area contributed by atoms with Crippen molar-refractivity contribution in [3.8, 4) is 0 Å². The van der Waals surface area contributed by atoms with Crippen LogP contribution >= 0.6 is 11.3 Å². The summed E-state index contributed by atoms with van der Waals surface area (Å²) in [5, 5.41) is 3.37. The molecule has 4 heterocycles. The maximum Gasteiger partial charge on any atom is 0.262 e. The second-order valence-corrected chi connectivity index (χ2v) is 7.92. The Morgan fingerprint density at radius 3 is 2.73 bits per heavy atom. The van der Waals surface area contributed by atoms with Crippen molar-refractivity contribution in [2.24, 2.45) is 0 Å². The van der Waals surface area contributed by atoms with E-state index in [1.54, 1.807) is 11.5 Å². The zero-order valence-corrected chi connectivity index (χ0v) is 15.7. The lowest BCUT2D eigenvalue weighted by molar-refractivity contribution is -0.129. The van der Waals surface area contributed by atoms with Gasteiger partial charge in [0, 0.05) is 39.0 Å². The van der Waals surface area contributed by atoms with Gasteiger partial charge in [-0.3, -0.25) is 19.0 Å². The molecule has 1 N–H and O–H groups in total. The van der Waals surface area contributed by atoms with Gasteiger partial charge in [0.15, 0.2) is 0 Å². The number of nitrogens with zero attached hydrogens (tertiary/aromatic N) is 3. The minimum absolute atomic E-state index is 0.0421. The third-order valence-electron chi connectivity index (χ3n) is 5.20. The molecule has 2 amide bonds. The lowest BCUT2D eigenvalue weighted by Gasteiger charge is -2.15. The number of likely N-dealkylation sites (tertiary alicyclic amines) is 1. The smallest absolute Gasteiger partial charge is 0.262 e. The fraction of sp³-hybridized carbons (Fsp3) is 0.556. The fourth-order valence-corrected chi connectivity index (χ4v) is 4.89. The molecule has 4 rings (SSSR count). The highest BCUT2D eigenvalue weighted by molar-refractivity contribution is 7.20. The molecule has 2 aromatic rings. The van der Waals surface area contributed by atoms with Crippen molar-refractivity contribution in [2.75, 3.05) is 19.6 Å². The molecule has 2 aliphatic rings. The Hall–Kier alpha value is -2.22. The molecule has 26 heavy (non-hydrogen) atoms. The van der Waals surface area contributed by atoms with Crippen LogP contribution < -0.4 is 10.9 Å². The number of aromatic nitrogens is 2. The summed E-state index contributed by atoms with van der Waals surface area (Å²) in [4.78, 5) is 44.9. The van der Waals surface area contributed by atoms with E-state index in [4.69, 9.17) is 0 Å². The topological polar surface area (TPSA) is 84.3 Å². The highest BCUT2D eigenvalue weighted by atomic mass is 32.1. The van der Waals surface area contributed by atoms with Crippen LogP contribution in [0, 0.1) is 6.92 Å². The first kappa shape index (κ1) is 17.2. The third-order valence-corrected chi connectivity index (χ3v) is 6.39. The molecule has 0 bridgehead atoms. The van der Waals surface area contributed by atoms with Gasteiger partial charge in [0.2, 0.25) is 5.91 Å².